The quantitative estimate of drug-likeness (QED) is 0.261. The van der Waals surface area contributed by atoms with Gasteiger partial charge in [0.05, 0.1) is 0 Å². The molecule has 0 saturated heterocycles. The third kappa shape index (κ3) is 3.91. The molecule has 0 aliphatic rings. The number of rotatable bonds is 5. The summed E-state index contributed by atoms with van der Waals surface area (Å²) in [6.07, 6.45) is 4.16. The number of nitrogens with zero attached hydrogens (tertiary/aromatic N) is 3. The Labute approximate surface area is 196 Å². The van der Waals surface area contributed by atoms with Crippen LogP contribution >= 0.6 is 0 Å². The Morgan fingerprint density at radius 2 is 1.09 bits per heavy atom. The van der Waals surface area contributed by atoms with Crippen molar-refractivity contribution in [1.29, 1.82) is 0 Å². The summed E-state index contributed by atoms with van der Waals surface area (Å²) in [6.45, 7) is 0. The van der Waals surface area contributed by atoms with Gasteiger partial charge in [0, 0.05) is 22.1 Å². The SMILES string of the molecule is C(=Cc1ccc(-c2noc3ccccc23)cc1)c1ccc(-c2nnc(-c3ccccc3)o2)cc1. The van der Waals surface area contributed by atoms with Crippen molar-refractivity contribution in [1.82, 2.24) is 15.4 Å². The monoisotopic (exact) mass is 441 g/mol. The molecule has 2 heterocycles. The van der Waals surface area contributed by atoms with Gasteiger partial charge in [-0.1, -0.05) is 84.0 Å². The van der Waals surface area contributed by atoms with E-state index in [9.17, 15) is 0 Å². The highest BCUT2D eigenvalue weighted by atomic mass is 16.5. The molecule has 0 fully saturated rings. The fourth-order valence-corrected chi connectivity index (χ4v) is 3.81. The van der Waals surface area contributed by atoms with Gasteiger partial charge in [0.1, 0.15) is 5.69 Å². The van der Waals surface area contributed by atoms with E-state index in [1.807, 2.05) is 78.9 Å². The molecule has 4 aromatic carbocycles. The molecule has 0 saturated carbocycles. The van der Waals surface area contributed by atoms with Gasteiger partial charge < -0.3 is 8.94 Å². The van der Waals surface area contributed by atoms with E-state index in [-0.39, 0.29) is 0 Å². The molecule has 2 aromatic heterocycles. The average Bonchev–Trinajstić information content (AvgIpc) is 3.57. The molecule has 0 N–H and O–H groups in total. The van der Waals surface area contributed by atoms with Gasteiger partial charge in [-0.3, -0.25) is 0 Å². The molecular weight excluding hydrogens is 422 g/mol. The second-order valence-corrected chi connectivity index (χ2v) is 7.88. The Hall–Kier alpha value is -4.77. The predicted molar refractivity (Wildman–Crippen MR) is 134 cm³/mol. The van der Waals surface area contributed by atoms with Crippen LogP contribution in [0.2, 0.25) is 0 Å². The van der Waals surface area contributed by atoms with Crippen LogP contribution in [0.5, 0.6) is 0 Å². The molecule has 0 unspecified atom stereocenters. The highest BCUT2D eigenvalue weighted by molar-refractivity contribution is 5.91. The number of benzene rings is 4. The van der Waals surface area contributed by atoms with Gasteiger partial charge >= 0.3 is 0 Å². The Morgan fingerprint density at radius 3 is 1.76 bits per heavy atom. The van der Waals surface area contributed by atoms with Crippen LogP contribution in [0.1, 0.15) is 11.1 Å². The summed E-state index contributed by atoms with van der Waals surface area (Å²) in [5.74, 6) is 1.02. The molecule has 0 amide bonds. The number of aromatic nitrogens is 3. The Bertz CT molecular complexity index is 1580. The third-order valence-corrected chi connectivity index (χ3v) is 5.63. The second kappa shape index (κ2) is 8.64. The smallest absolute Gasteiger partial charge is 0.248 e. The van der Waals surface area contributed by atoms with Gasteiger partial charge in [-0.05, 0) is 47.5 Å². The van der Waals surface area contributed by atoms with Crippen LogP contribution < -0.4 is 0 Å². The lowest BCUT2D eigenvalue weighted by atomic mass is 10.0. The lowest BCUT2D eigenvalue weighted by Crippen LogP contribution is -1.80. The highest BCUT2D eigenvalue weighted by Crippen LogP contribution is 2.28. The second-order valence-electron chi connectivity index (χ2n) is 7.88. The topological polar surface area (TPSA) is 65.0 Å². The first kappa shape index (κ1) is 19.9. The Kier molecular flexibility index (Phi) is 5.05. The zero-order chi connectivity index (χ0) is 22.7. The zero-order valence-corrected chi connectivity index (χ0v) is 18.1. The van der Waals surface area contributed by atoms with Gasteiger partial charge in [-0.2, -0.15) is 0 Å². The fourth-order valence-electron chi connectivity index (χ4n) is 3.81. The van der Waals surface area contributed by atoms with Crippen molar-refractivity contribution in [3.05, 3.63) is 114 Å². The van der Waals surface area contributed by atoms with Crippen LogP contribution in [0.15, 0.2) is 112 Å². The summed E-state index contributed by atoms with van der Waals surface area (Å²) in [5.41, 5.74) is 6.66. The lowest BCUT2D eigenvalue weighted by Gasteiger charge is -2.00. The molecule has 0 atom stereocenters. The van der Waals surface area contributed by atoms with Crippen LogP contribution in [-0.2, 0) is 0 Å². The van der Waals surface area contributed by atoms with Crippen molar-refractivity contribution in [2.75, 3.05) is 0 Å². The van der Waals surface area contributed by atoms with E-state index in [2.05, 4.69) is 51.8 Å². The van der Waals surface area contributed by atoms with E-state index in [0.29, 0.717) is 11.8 Å². The maximum absolute atomic E-state index is 5.84. The van der Waals surface area contributed by atoms with Gasteiger partial charge in [0.2, 0.25) is 11.8 Å². The van der Waals surface area contributed by atoms with E-state index < -0.39 is 0 Å². The minimum Gasteiger partial charge on any atom is -0.416 e. The Balaban J connectivity index is 1.17. The Morgan fingerprint density at radius 1 is 0.529 bits per heavy atom. The third-order valence-electron chi connectivity index (χ3n) is 5.63. The molecule has 5 heteroatoms. The van der Waals surface area contributed by atoms with E-state index >= 15 is 0 Å². The van der Waals surface area contributed by atoms with Crippen molar-refractivity contribution in [3.63, 3.8) is 0 Å². The maximum atomic E-state index is 5.84. The van der Waals surface area contributed by atoms with E-state index in [1.54, 1.807) is 0 Å². The van der Waals surface area contributed by atoms with Crippen LogP contribution in [-0.4, -0.2) is 15.4 Å². The summed E-state index contributed by atoms with van der Waals surface area (Å²) < 4.78 is 11.3. The molecule has 0 aliphatic carbocycles. The van der Waals surface area contributed by atoms with Gasteiger partial charge in [0.25, 0.3) is 0 Å². The summed E-state index contributed by atoms with van der Waals surface area (Å²) in [4.78, 5) is 0. The molecule has 5 nitrogen and oxygen atoms in total. The summed E-state index contributed by atoms with van der Waals surface area (Å²) >= 11 is 0. The van der Waals surface area contributed by atoms with Crippen molar-refractivity contribution < 1.29 is 8.94 Å². The van der Waals surface area contributed by atoms with Gasteiger partial charge in [0.15, 0.2) is 5.58 Å². The summed E-state index contributed by atoms with van der Waals surface area (Å²) in [7, 11) is 0. The number of hydrogen-bond donors (Lipinski definition) is 0. The molecule has 0 bridgehead atoms. The van der Waals surface area contributed by atoms with Crippen molar-refractivity contribution in [2.45, 2.75) is 0 Å². The largest absolute Gasteiger partial charge is 0.416 e. The number of hydrogen-bond acceptors (Lipinski definition) is 5. The lowest BCUT2D eigenvalue weighted by molar-refractivity contribution is 0.459. The molecule has 6 rings (SSSR count). The molecule has 0 radical (unpaired) electrons. The van der Waals surface area contributed by atoms with Crippen molar-refractivity contribution >= 4 is 23.1 Å². The maximum Gasteiger partial charge on any atom is 0.248 e. The number of para-hydroxylation sites is 1. The number of fused-ring (bicyclic) bond motifs is 1. The first-order valence-electron chi connectivity index (χ1n) is 11.0. The average molecular weight is 441 g/mol. The van der Waals surface area contributed by atoms with Crippen molar-refractivity contribution in [2.24, 2.45) is 0 Å². The van der Waals surface area contributed by atoms with Crippen LogP contribution in [0.4, 0.5) is 0 Å². The van der Waals surface area contributed by atoms with E-state index in [0.717, 1.165) is 44.5 Å². The fraction of sp³-hybridized carbons (Fsp3) is 0. The van der Waals surface area contributed by atoms with Crippen molar-refractivity contribution in [3.8, 4) is 34.2 Å². The first-order chi connectivity index (χ1) is 16.8. The normalized spacial score (nSPS) is 11.4. The van der Waals surface area contributed by atoms with Crippen LogP contribution in [0.3, 0.4) is 0 Å². The summed E-state index contributed by atoms with van der Waals surface area (Å²) in [6, 6.07) is 34.0. The molecular formula is C29H19N3O2. The van der Waals surface area contributed by atoms with Crippen LogP contribution in [0, 0.1) is 0 Å². The molecule has 162 valence electrons. The standard InChI is InChI=1S/C29H19N3O2/c1-2-6-23(7-3-1)28-30-31-29(33-28)24-18-14-21(15-19-24)11-10-20-12-16-22(17-13-20)27-25-8-4-5-9-26(25)34-32-27/h1-19H. The van der Waals surface area contributed by atoms with Crippen LogP contribution in [0.25, 0.3) is 57.3 Å². The first-order valence-corrected chi connectivity index (χ1v) is 11.0. The highest BCUT2D eigenvalue weighted by Gasteiger charge is 2.10. The molecule has 34 heavy (non-hydrogen) atoms. The minimum absolute atomic E-state index is 0.505. The van der Waals surface area contributed by atoms with E-state index in [4.69, 9.17) is 8.94 Å². The van der Waals surface area contributed by atoms with Gasteiger partial charge in [-0.25, -0.2) is 0 Å². The minimum atomic E-state index is 0.505. The van der Waals surface area contributed by atoms with E-state index in [1.165, 1.54) is 0 Å². The predicted octanol–water partition coefficient (Wildman–Crippen LogP) is 7.38. The molecule has 0 aliphatic heterocycles. The summed E-state index contributed by atoms with van der Waals surface area (Å²) in [5, 5.41) is 13.6. The zero-order valence-electron chi connectivity index (χ0n) is 18.1. The molecule has 0 spiro atoms. The molecule has 6 aromatic rings. The van der Waals surface area contributed by atoms with Gasteiger partial charge in [-0.15, -0.1) is 10.2 Å².